The molecule has 1 amide bonds. The molecule has 1 fully saturated rings. The normalized spacial score (nSPS) is 22.6. The maximum atomic E-state index is 14.2. The topological polar surface area (TPSA) is 85.4 Å². The number of nitrogens with two attached hydrogens (primary N) is 1. The highest BCUT2D eigenvalue weighted by Gasteiger charge is 2.46. The van der Waals surface area contributed by atoms with Crippen LogP contribution >= 0.6 is 11.3 Å². The summed E-state index contributed by atoms with van der Waals surface area (Å²) in [5.41, 5.74) is 7.90. The van der Waals surface area contributed by atoms with Gasteiger partial charge in [0, 0.05) is 29.1 Å². The molecule has 0 radical (unpaired) electrons. The zero-order chi connectivity index (χ0) is 22.3. The molecule has 4 rings (SSSR count). The number of fused-ring (bicyclic) bond motifs is 1. The van der Waals surface area contributed by atoms with Crippen LogP contribution in [0.4, 0.5) is 17.6 Å². The summed E-state index contributed by atoms with van der Waals surface area (Å²) in [4.78, 5) is 18.1. The predicted molar refractivity (Wildman–Crippen MR) is 106 cm³/mol. The van der Waals surface area contributed by atoms with E-state index in [2.05, 4.69) is 15.3 Å². The minimum Gasteiger partial charge on any atom is -0.341 e. The van der Waals surface area contributed by atoms with Crippen LogP contribution in [0.5, 0.6) is 0 Å². The number of rotatable bonds is 5. The van der Waals surface area contributed by atoms with Crippen LogP contribution in [0.15, 0.2) is 18.5 Å². The van der Waals surface area contributed by atoms with Crippen molar-refractivity contribution in [3.8, 4) is 11.1 Å². The van der Waals surface area contributed by atoms with E-state index in [1.165, 1.54) is 22.2 Å². The van der Waals surface area contributed by atoms with E-state index in [1.54, 1.807) is 25.3 Å². The Morgan fingerprint density at radius 1 is 1.42 bits per heavy atom. The molecule has 2 unspecified atom stereocenters. The molecule has 2 atom stereocenters. The third kappa shape index (κ3) is 4.32. The van der Waals surface area contributed by atoms with E-state index in [0.717, 1.165) is 9.94 Å². The van der Waals surface area contributed by atoms with E-state index in [9.17, 15) is 22.4 Å². The van der Waals surface area contributed by atoms with Gasteiger partial charge in [0.1, 0.15) is 12.7 Å². The maximum Gasteiger partial charge on any atom is 0.365 e. The highest BCUT2D eigenvalue weighted by atomic mass is 32.1. The van der Waals surface area contributed by atoms with Crippen LogP contribution in [-0.2, 0) is 11.5 Å². The van der Waals surface area contributed by atoms with E-state index in [-0.39, 0.29) is 18.0 Å². The molecule has 7 nitrogen and oxygen atoms in total. The summed E-state index contributed by atoms with van der Waals surface area (Å²) < 4.78 is 54.8. The molecule has 31 heavy (non-hydrogen) atoms. The van der Waals surface area contributed by atoms with Crippen molar-refractivity contribution < 1.29 is 27.2 Å². The highest BCUT2D eigenvalue weighted by Crippen LogP contribution is 2.36. The van der Waals surface area contributed by atoms with Gasteiger partial charge in [-0.1, -0.05) is 0 Å². The second kappa shape index (κ2) is 8.24. The first kappa shape index (κ1) is 21.8. The molecule has 1 saturated carbocycles. The number of thiophene rings is 1. The molecular weight excluding hydrogens is 438 g/mol. The van der Waals surface area contributed by atoms with Crippen molar-refractivity contribution in [3.63, 3.8) is 0 Å². The van der Waals surface area contributed by atoms with Gasteiger partial charge in [0.05, 0.1) is 16.8 Å². The van der Waals surface area contributed by atoms with Crippen molar-refractivity contribution in [2.45, 2.75) is 57.5 Å². The second-order valence-electron chi connectivity index (χ2n) is 7.53. The van der Waals surface area contributed by atoms with Gasteiger partial charge in [-0.05, 0) is 37.5 Å². The number of aromatic nitrogens is 2. The van der Waals surface area contributed by atoms with Crippen LogP contribution in [0.3, 0.4) is 0 Å². The van der Waals surface area contributed by atoms with Crippen molar-refractivity contribution in [3.05, 3.63) is 33.9 Å². The smallest absolute Gasteiger partial charge is 0.341 e. The van der Waals surface area contributed by atoms with E-state index in [4.69, 9.17) is 5.73 Å². The van der Waals surface area contributed by atoms with Gasteiger partial charge in [-0.3, -0.25) is 4.79 Å². The van der Waals surface area contributed by atoms with Crippen LogP contribution < -0.4 is 11.1 Å². The zero-order valence-corrected chi connectivity index (χ0v) is 17.3. The van der Waals surface area contributed by atoms with Crippen LogP contribution in [0, 0.1) is 6.92 Å². The number of nitrogens with zero attached hydrogens (tertiary/aromatic N) is 3. The van der Waals surface area contributed by atoms with Gasteiger partial charge >= 0.3 is 6.61 Å². The predicted octanol–water partition coefficient (Wildman–Crippen LogP) is 3.56. The first-order valence-electron chi connectivity index (χ1n) is 9.66. The number of aryl methyl sites for hydroxylation is 1. The van der Waals surface area contributed by atoms with Gasteiger partial charge in [-0.15, -0.1) is 11.3 Å². The molecule has 1 aliphatic heterocycles. The largest absolute Gasteiger partial charge is 0.365 e. The molecule has 2 aromatic rings. The Hall–Kier alpha value is -2.44. The first-order chi connectivity index (χ1) is 14.7. The molecule has 0 saturated heterocycles. The molecule has 0 aromatic carbocycles. The fourth-order valence-corrected chi connectivity index (χ4v) is 4.83. The fourth-order valence-electron chi connectivity index (χ4n) is 3.89. The van der Waals surface area contributed by atoms with E-state index in [1.807, 2.05) is 0 Å². The molecule has 2 aromatic heterocycles. The average Bonchev–Trinajstić information content (AvgIpc) is 3.27. The third-order valence-electron chi connectivity index (χ3n) is 5.42. The minimum atomic E-state index is -3.05. The lowest BCUT2D eigenvalue weighted by atomic mass is 9.87. The number of nitrogens with one attached hydrogen (secondary N) is 1. The number of carbonyl (C=O) groups excluding carboxylic acids is 1. The summed E-state index contributed by atoms with van der Waals surface area (Å²) in [6, 6.07) is -0.595. The molecule has 168 valence electrons. The molecule has 2 aliphatic rings. The Morgan fingerprint density at radius 2 is 2.19 bits per heavy atom. The standard InChI is InChI=1S/C19H21F4N5O2S/c1-10-11(12-8-25-28-9-27(30-18(20)21)6-4-14(12)28)7-15(31-10)17(29)26-16-13(24)3-2-5-19(16,22)23/h4,6-8,13,16,18H,2-3,5,9,24H2,1H3,(H,26,29). The zero-order valence-electron chi connectivity index (χ0n) is 16.5. The SMILES string of the molecule is Cc1sc(C(=O)NC2C(N)CCCC2(F)F)cc1-c1cnn2c1C=CN(OC(F)F)C2. The van der Waals surface area contributed by atoms with Gasteiger partial charge in [0.25, 0.3) is 11.8 Å². The second-order valence-corrected chi connectivity index (χ2v) is 8.79. The molecule has 12 heteroatoms. The van der Waals surface area contributed by atoms with Gasteiger partial charge < -0.3 is 11.1 Å². The molecule has 3 N–H and O–H groups in total. The van der Waals surface area contributed by atoms with Crippen molar-refractivity contribution in [2.75, 3.05) is 0 Å². The Balaban J connectivity index is 1.54. The van der Waals surface area contributed by atoms with E-state index >= 15 is 0 Å². The monoisotopic (exact) mass is 459 g/mol. The summed E-state index contributed by atoms with van der Waals surface area (Å²) in [5, 5.41) is 7.57. The maximum absolute atomic E-state index is 14.2. The summed E-state index contributed by atoms with van der Waals surface area (Å²) >= 11 is 1.18. The quantitative estimate of drug-likeness (QED) is 0.668. The summed E-state index contributed by atoms with van der Waals surface area (Å²) in [6.07, 6.45) is 4.95. The number of hydrogen-bond donors (Lipinski definition) is 2. The molecule has 0 bridgehead atoms. The molecule has 3 heterocycles. The van der Waals surface area contributed by atoms with Crippen LogP contribution in [0.25, 0.3) is 17.2 Å². The van der Waals surface area contributed by atoms with Gasteiger partial charge in [-0.2, -0.15) is 13.9 Å². The summed E-state index contributed by atoms with van der Waals surface area (Å²) in [7, 11) is 0. The van der Waals surface area contributed by atoms with Crippen molar-refractivity contribution in [1.29, 1.82) is 0 Å². The van der Waals surface area contributed by atoms with Crippen LogP contribution in [0.1, 0.15) is 39.5 Å². The number of hydrogen-bond acceptors (Lipinski definition) is 6. The van der Waals surface area contributed by atoms with Gasteiger partial charge in [0.15, 0.2) is 0 Å². The number of alkyl halides is 4. The van der Waals surface area contributed by atoms with Crippen molar-refractivity contribution in [2.24, 2.45) is 5.73 Å². The first-order valence-corrected chi connectivity index (χ1v) is 10.5. The third-order valence-corrected chi connectivity index (χ3v) is 6.47. The lowest BCUT2D eigenvalue weighted by Gasteiger charge is -2.36. The van der Waals surface area contributed by atoms with Gasteiger partial charge in [0.2, 0.25) is 0 Å². The number of carbonyl (C=O) groups is 1. The van der Waals surface area contributed by atoms with Crippen LogP contribution in [0.2, 0.25) is 0 Å². The Kier molecular flexibility index (Phi) is 5.79. The molecule has 0 spiro atoms. The van der Waals surface area contributed by atoms with Crippen molar-refractivity contribution >= 4 is 23.3 Å². The summed E-state index contributed by atoms with van der Waals surface area (Å²) in [5.74, 6) is -3.65. The Labute approximate surface area is 179 Å². The number of halogens is 4. The van der Waals surface area contributed by atoms with Crippen LogP contribution in [-0.4, -0.2) is 45.4 Å². The van der Waals surface area contributed by atoms with Crippen molar-refractivity contribution in [1.82, 2.24) is 20.2 Å². The fraction of sp³-hybridized carbons (Fsp3) is 0.474. The van der Waals surface area contributed by atoms with E-state index < -0.39 is 30.5 Å². The number of amides is 1. The Morgan fingerprint density at radius 3 is 2.90 bits per heavy atom. The molecular formula is C19H21F4N5O2S. The Bertz CT molecular complexity index is 1010. The lowest BCUT2D eigenvalue weighted by molar-refractivity contribution is -0.273. The highest BCUT2D eigenvalue weighted by molar-refractivity contribution is 7.14. The van der Waals surface area contributed by atoms with Gasteiger partial charge in [-0.25, -0.2) is 23.4 Å². The minimum absolute atomic E-state index is 0.0264. The summed E-state index contributed by atoms with van der Waals surface area (Å²) in [6.45, 7) is -1.17. The lowest BCUT2D eigenvalue weighted by Crippen LogP contribution is -2.59. The average molecular weight is 459 g/mol. The number of hydroxylamine groups is 2. The van der Waals surface area contributed by atoms with E-state index in [0.29, 0.717) is 29.7 Å². The molecule has 1 aliphatic carbocycles.